The highest BCUT2D eigenvalue weighted by Crippen LogP contribution is 2.30. The van der Waals surface area contributed by atoms with Gasteiger partial charge in [-0.15, -0.1) is 0 Å². The summed E-state index contributed by atoms with van der Waals surface area (Å²) in [6, 6.07) is 20.9. The molecule has 8 nitrogen and oxygen atoms in total. The Bertz CT molecular complexity index is 1320. The summed E-state index contributed by atoms with van der Waals surface area (Å²) in [6.45, 7) is 5.96. The molecule has 0 saturated heterocycles. The lowest BCUT2D eigenvalue weighted by atomic mass is 9.90. The third-order valence-electron chi connectivity index (χ3n) is 6.87. The van der Waals surface area contributed by atoms with E-state index in [2.05, 4.69) is 10.6 Å². The van der Waals surface area contributed by atoms with E-state index in [9.17, 15) is 14.4 Å². The predicted molar refractivity (Wildman–Crippen MR) is 154 cm³/mol. The van der Waals surface area contributed by atoms with E-state index in [-0.39, 0.29) is 23.7 Å². The Hall–Kier alpha value is -4.07. The summed E-state index contributed by atoms with van der Waals surface area (Å²) in [5.41, 5.74) is 2.93. The van der Waals surface area contributed by atoms with Crippen molar-refractivity contribution in [3.8, 4) is 11.1 Å². The number of hydrogen-bond donors (Lipinski definition) is 2. The molecule has 0 radical (unpaired) electrons. The number of ether oxygens (including phenoxy) is 1. The third kappa shape index (κ3) is 7.72. The van der Waals surface area contributed by atoms with Gasteiger partial charge in [0.15, 0.2) is 0 Å². The highest BCUT2D eigenvalue weighted by molar-refractivity contribution is 5.93. The molecule has 1 heterocycles. The van der Waals surface area contributed by atoms with Gasteiger partial charge in [0.1, 0.15) is 5.60 Å². The van der Waals surface area contributed by atoms with Gasteiger partial charge < -0.3 is 19.9 Å². The Morgan fingerprint density at radius 2 is 1.62 bits per heavy atom. The number of hydrogen-bond acceptors (Lipinski definition) is 4. The Kier molecular flexibility index (Phi) is 8.74. The molecule has 1 fully saturated rings. The number of carbonyl (C=O) groups is 2. The number of rotatable bonds is 6. The van der Waals surface area contributed by atoms with Crippen LogP contribution in [0.1, 0.15) is 52.0 Å². The molecule has 4 rings (SSSR count). The highest BCUT2D eigenvalue weighted by Gasteiger charge is 2.31. The first-order chi connectivity index (χ1) is 18.6. The summed E-state index contributed by atoms with van der Waals surface area (Å²) in [6.07, 6.45) is 4.33. The number of aromatic nitrogens is 1. The summed E-state index contributed by atoms with van der Waals surface area (Å²) in [5, 5.41) is 6.05. The van der Waals surface area contributed by atoms with Gasteiger partial charge in [0.05, 0.1) is 0 Å². The van der Waals surface area contributed by atoms with Crippen molar-refractivity contribution in [2.75, 3.05) is 4.90 Å². The number of pyridine rings is 1. The second-order valence-electron chi connectivity index (χ2n) is 11.1. The largest absolute Gasteiger partial charge is 0.444 e. The molecule has 39 heavy (non-hydrogen) atoms. The first-order valence-electron chi connectivity index (χ1n) is 13.5. The smallest absolute Gasteiger partial charge is 0.407 e. The zero-order valence-corrected chi connectivity index (χ0v) is 23.1. The van der Waals surface area contributed by atoms with Crippen molar-refractivity contribution >= 4 is 17.8 Å². The van der Waals surface area contributed by atoms with Gasteiger partial charge in [0.2, 0.25) is 0 Å². The Labute approximate surface area is 230 Å². The Morgan fingerprint density at radius 1 is 0.949 bits per heavy atom. The van der Waals surface area contributed by atoms with Crippen LogP contribution in [-0.2, 0) is 18.3 Å². The van der Waals surface area contributed by atoms with Crippen molar-refractivity contribution in [2.24, 2.45) is 7.05 Å². The first kappa shape index (κ1) is 28.0. The molecular weight excluding hydrogens is 492 g/mol. The summed E-state index contributed by atoms with van der Waals surface area (Å²) in [7, 11) is 1.72. The first-order valence-corrected chi connectivity index (χ1v) is 13.5. The molecule has 1 aromatic heterocycles. The van der Waals surface area contributed by atoms with Gasteiger partial charge >= 0.3 is 12.1 Å². The number of carbonyl (C=O) groups excluding carboxylic acids is 2. The minimum atomic E-state index is -0.548. The second-order valence-corrected chi connectivity index (χ2v) is 11.1. The molecule has 8 heteroatoms. The predicted octanol–water partition coefficient (Wildman–Crippen LogP) is 5.60. The molecule has 1 aliphatic carbocycles. The van der Waals surface area contributed by atoms with Crippen LogP contribution in [0.4, 0.5) is 15.3 Å². The van der Waals surface area contributed by atoms with Crippen LogP contribution in [0.25, 0.3) is 11.1 Å². The van der Waals surface area contributed by atoms with Gasteiger partial charge in [-0.05, 0) is 81.3 Å². The zero-order valence-electron chi connectivity index (χ0n) is 23.1. The summed E-state index contributed by atoms with van der Waals surface area (Å²) in [4.78, 5) is 39.7. The van der Waals surface area contributed by atoms with E-state index in [4.69, 9.17) is 4.74 Å². The minimum Gasteiger partial charge on any atom is -0.444 e. The van der Waals surface area contributed by atoms with Crippen LogP contribution in [-0.4, -0.2) is 34.4 Å². The van der Waals surface area contributed by atoms with Crippen LogP contribution < -0.4 is 21.1 Å². The molecule has 0 atom stereocenters. The van der Waals surface area contributed by atoms with Crippen LogP contribution in [0.2, 0.25) is 0 Å². The van der Waals surface area contributed by atoms with Crippen LogP contribution in [0.15, 0.2) is 77.7 Å². The van der Waals surface area contributed by atoms with Crippen LogP contribution >= 0.6 is 0 Å². The molecule has 0 unspecified atom stereocenters. The Balaban J connectivity index is 1.49. The van der Waals surface area contributed by atoms with Crippen LogP contribution in [0.5, 0.6) is 0 Å². The maximum absolute atomic E-state index is 13.6. The lowest BCUT2D eigenvalue weighted by Crippen LogP contribution is -2.50. The third-order valence-corrected chi connectivity index (χ3v) is 6.87. The number of aryl methyl sites for hydroxylation is 1. The van der Waals surface area contributed by atoms with Crippen molar-refractivity contribution < 1.29 is 14.3 Å². The van der Waals surface area contributed by atoms with Gasteiger partial charge in [-0.1, -0.05) is 42.5 Å². The molecule has 0 aliphatic heterocycles. The molecule has 0 spiro atoms. The fourth-order valence-electron chi connectivity index (χ4n) is 4.85. The molecule has 2 aromatic carbocycles. The quantitative estimate of drug-likeness (QED) is 0.434. The van der Waals surface area contributed by atoms with E-state index in [1.54, 1.807) is 19.3 Å². The average Bonchev–Trinajstić information content (AvgIpc) is 2.90. The fraction of sp³-hybridized carbons (Fsp3) is 0.387. The molecule has 1 saturated carbocycles. The number of anilines is 1. The molecule has 0 bridgehead atoms. The SMILES string of the molecule is Cn1ccc(-c2ccc(N(C(=O)NCc3ccccc3)C3CCC(NC(=O)OC(C)(C)C)CC3)cc2)cc1=O. The van der Waals surface area contributed by atoms with Crippen molar-refractivity contribution in [3.05, 3.63) is 88.8 Å². The maximum atomic E-state index is 13.6. The van der Waals surface area contributed by atoms with Crippen molar-refractivity contribution in [2.45, 2.75) is 70.7 Å². The number of nitrogens with zero attached hydrogens (tertiary/aromatic N) is 2. The number of urea groups is 1. The number of alkyl carbamates (subject to hydrolysis) is 1. The number of amides is 3. The van der Waals surface area contributed by atoms with Gasteiger partial charge in [0, 0.05) is 43.6 Å². The molecule has 3 amide bonds. The number of nitrogens with one attached hydrogen (secondary N) is 2. The number of benzene rings is 2. The zero-order chi connectivity index (χ0) is 28.0. The molecule has 2 N–H and O–H groups in total. The standard InChI is InChI=1S/C31H38N4O4/c1-31(2,3)39-30(38)33-25-12-16-27(17-13-25)35(29(37)32-21-22-8-6-5-7-9-22)26-14-10-23(11-15-26)24-18-19-34(4)28(36)20-24/h5-11,14-15,18-20,25,27H,12-13,16-17,21H2,1-4H3,(H,32,37)(H,33,38). The summed E-state index contributed by atoms with van der Waals surface area (Å²) in [5.74, 6) is 0. The average molecular weight is 531 g/mol. The van der Waals surface area contributed by atoms with E-state index < -0.39 is 11.7 Å². The monoisotopic (exact) mass is 530 g/mol. The van der Waals surface area contributed by atoms with Crippen LogP contribution in [0, 0.1) is 0 Å². The van der Waals surface area contributed by atoms with E-state index in [1.807, 2.05) is 86.3 Å². The van der Waals surface area contributed by atoms with E-state index in [0.29, 0.717) is 6.54 Å². The highest BCUT2D eigenvalue weighted by atomic mass is 16.6. The molecule has 206 valence electrons. The summed E-state index contributed by atoms with van der Waals surface area (Å²) < 4.78 is 6.94. The molecular formula is C31H38N4O4. The van der Waals surface area contributed by atoms with Gasteiger partial charge in [-0.2, -0.15) is 0 Å². The fourth-order valence-corrected chi connectivity index (χ4v) is 4.85. The van der Waals surface area contributed by atoms with E-state index >= 15 is 0 Å². The van der Waals surface area contributed by atoms with Gasteiger partial charge in [-0.3, -0.25) is 9.69 Å². The minimum absolute atomic E-state index is 0.00778. The van der Waals surface area contributed by atoms with Gasteiger partial charge in [-0.25, -0.2) is 9.59 Å². The summed E-state index contributed by atoms with van der Waals surface area (Å²) >= 11 is 0. The normalized spacial score (nSPS) is 17.2. The van der Waals surface area contributed by atoms with E-state index in [1.165, 1.54) is 4.57 Å². The van der Waals surface area contributed by atoms with E-state index in [0.717, 1.165) is 48.1 Å². The molecule has 1 aliphatic rings. The van der Waals surface area contributed by atoms with Crippen molar-refractivity contribution in [3.63, 3.8) is 0 Å². The van der Waals surface area contributed by atoms with Gasteiger partial charge in [0.25, 0.3) is 5.56 Å². The van der Waals surface area contributed by atoms with Crippen LogP contribution in [0.3, 0.4) is 0 Å². The second kappa shape index (κ2) is 12.2. The van der Waals surface area contributed by atoms with Crippen molar-refractivity contribution in [1.82, 2.24) is 15.2 Å². The van der Waals surface area contributed by atoms with Crippen molar-refractivity contribution in [1.29, 1.82) is 0 Å². The lowest BCUT2D eigenvalue weighted by Gasteiger charge is -2.37. The maximum Gasteiger partial charge on any atom is 0.407 e. The topological polar surface area (TPSA) is 92.7 Å². The Morgan fingerprint density at radius 3 is 2.23 bits per heavy atom. The lowest BCUT2D eigenvalue weighted by molar-refractivity contribution is 0.0491. The molecule has 3 aromatic rings.